The Kier molecular flexibility index (Phi) is 7.20. The van der Waals surface area contributed by atoms with Crippen LogP contribution in [0.15, 0.2) is 30.3 Å². The highest BCUT2D eigenvalue weighted by molar-refractivity contribution is 5.85. The molecule has 0 unspecified atom stereocenters. The highest BCUT2D eigenvalue weighted by atomic mass is 16.4. The summed E-state index contributed by atoms with van der Waals surface area (Å²) in [5, 5.41) is 17.3. The molecule has 1 aromatic carbocycles. The number of benzene rings is 1. The van der Waals surface area contributed by atoms with Crippen molar-refractivity contribution in [3.05, 3.63) is 41.5 Å². The van der Waals surface area contributed by atoms with Crippen LogP contribution in [0.2, 0.25) is 0 Å². The summed E-state index contributed by atoms with van der Waals surface area (Å²) in [6.45, 7) is 6.87. The summed E-state index contributed by atoms with van der Waals surface area (Å²) in [5.74, 6) is -0.389. The quantitative estimate of drug-likeness (QED) is 0.746. The highest BCUT2D eigenvalue weighted by Crippen LogP contribution is 2.11. The van der Waals surface area contributed by atoms with Gasteiger partial charge in [-0.05, 0) is 23.1 Å². The summed E-state index contributed by atoms with van der Waals surface area (Å²) in [5.41, 5.74) is 2.04. The molecular weight excluding hydrogens is 264 g/mol. The summed E-state index contributed by atoms with van der Waals surface area (Å²) < 4.78 is 0. The van der Waals surface area contributed by atoms with E-state index in [4.69, 9.17) is 10.4 Å². The van der Waals surface area contributed by atoms with Crippen molar-refractivity contribution in [1.82, 2.24) is 4.90 Å². The second kappa shape index (κ2) is 8.93. The van der Waals surface area contributed by atoms with Crippen LogP contribution in [0.25, 0.3) is 6.08 Å². The van der Waals surface area contributed by atoms with E-state index in [0.717, 1.165) is 31.3 Å². The normalized spacial score (nSPS) is 11.2. The minimum atomic E-state index is -0.946. The number of nitrogens with zero attached hydrogens (tertiary/aromatic N) is 2. The number of carboxylic acid groups (broad SMARTS) is 1. The molecule has 0 heterocycles. The Bertz CT molecular complexity index is 513. The van der Waals surface area contributed by atoms with E-state index in [1.165, 1.54) is 5.56 Å². The molecule has 0 radical (unpaired) electrons. The van der Waals surface area contributed by atoms with E-state index >= 15 is 0 Å². The zero-order valence-corrected chi connectivity index (χ0v) is 12.6. The fourth-order valence-electron chi connectivity index (χ4n) is 2.12. The monoisotopic (exact) mass is 286 g/mol. The Balaban J connectivity index is 2.66. The minimum absolute atomic E-state index is 0.534. The zero-order chi connectivity index (χ0) is 15.7. The Labute approximate surface area is 126 Å². The third kappa shape index (κ3) is 7.28. The SMILES string of the molecule is CC(C)CN(CCC#N)Cc1ccc(C=CC(=O)O)cc1. The van der Waals surface area contributed by atoms with Crippen molar-refractivity contribution in [2.75, 3.05) is 13.1 Å². The molecular formula is C17H22N2O2. The van der Waals surface area contributed by atoms with E-state index in [1.54, 1.807) is 6.08 Å². The fraction of sp³-hybridized carbons (Fsp3) is 0.412. The van der Waals surface area contributed by atoms with Crippen LogP contribution in [0.5, 0.6) is 0 Å². The first-order chi connectivity index (χ1) is 10.0. The van der Waals surface area contributed by atoms with E-state index in [-0.39, 0.29) is 0 Å². The van der Waals surface area contributed by atoms with Crippen molar-refractivity contribution in [3.8, 4) is 6.07 Å². The maximum absolute atomic E-state index is 10.5. The molecule has 21 heavy (non-hydrogen) atoms. The molecule has 0 aromatic heterocycles. The standard InChI is InChI=1S/C17H22N2O2/c1-14(2)12-19(11-3-10-18)13-16-6-4-15(5-7-16)8-9-17(20)21/h4-9,14H,3,11-13H2,1-2H3,(H,20,21). The Morgan fingerprint density at radius 1 is 1.38 bits per heavy atom. The van der Waals surface area contributed by atoms with Gasteiger partial charge in [0, 0.05) is 32.1 Å². The molecule has 0 fully saturated rings. The molecule has 0 amide bonds. The van der Waals surface area contributed by atoms with Crippen molar-refractivity contribution in [2.45, 2.75) is 26.8 Å². The molecule has 4 nitrogen and oxygen atoms in total. The van der Waals surface area contributed by atoms with E-state index in [9.17, 15) is 4.79 Å². The summed E-state index contributed by atoms with van der Waals surface area (Å²) in [7, 11) is 0. The highest BCUT2D eigenvalue weighted by Gasteiger charge is 2.08. The molecule has 0 saturated heterocycles. The number of nitriles is 1. The van der Waals surface area contributed by atoms with Gasteiger partial charge in [-0.3, -0.25) is 4.90 Å². The van der Waals surface area contributed by atoms with E-state index in [2.05, 4.69) is 24.8 Å². The molecule has 0 aliphatic rings. The molecule has 1 N–H and O–H groups in total. The van der Waals surface area contributed by atoms with Crippen LogP contribution in [-0.4, -0.2) is 29.1 Å². The molecule has 0 saturated carbocycles. The first kappa shape index (κ1) is 16.9. The van der Waals surface area contributed by atoms with Crippen LogP contribution in [0.4, 0.5) is 0 Å². The van der Waals surface area contributed by atoms with Crippen molar-refractivity contribution < 1.29 is 9.90 Å². The average Bonchev–Trinajstić information content (AvgIpc) is 2.43. The maximum Gasteiger partial charge on any atom is 0.328 e. The fourth-order valence-corrected chi connectivity index (χ4v) is 2.12. The van der Waals surface area contributed by atoms with Gasteiger partial charge in [-0.25, -0.2) is 4.79 Å². The predicted molar refractivity (Wildman–Crippen MR) is 83.5 cm³/mol. The number of rotatable bonds is 8. The number of aliphatic carboxylic acids is 1. The average molecular weight is 286 g/mol. The lowest BCUT2D eigenvalue weighted by Gasteiger charge is -2.23. The summed E-state index contributed by atoms with van der Waals surface area (Å²) in [4.78, 5) is 12.7. The smallest absolute Gasteiger partial charge is 0.328 e. The topological polar surface area (TPSA) is 64.3 Å². The number of hydrogen-bond acceptors (Lipinski definition) is 3. The number of carboxylic acids is 1. The maximum atomic E-state index is 10.5. The minimum Gasteiger partial charge on any atom is -0.478 e. The Hall–Kier alpha value is -2.12. The lowest BCUT2D eigenvalue weighted by Crippen LogP contribution is -2.28. The molecule has 0 bridgehead atoms. The van der Waals surface area contributed by atoms with Crippen molar-refractivity contribution in [3.63, 3.8) is 0 Å². The second-order valence-corrected chi connectivity index (χ2v) is 5.45. The van der Waals surface area contributed by atoms with Gasteiger partial charge >= 0.3 is 5.97 Å². The lowest BCUT2D eigenvalue weighted by atomic mass is 10.1. The van der Waals surface area contributed by atoms with E-state index < -0.39 is 5.97 Å². The lowest BCUT2D eigenvalue weighted by molar-refractivity contribution is -0.131. The van der Waals surface area contributed by atoms with Gasteiger partial charge in [-0.1, -0.05) is 38.1 Å². The summed E-state index contributed by atoms with van der Waals surface area (Å²) >= 11 is 0. The van der Waals surface area contributed by atoms with Crippen LogP contribution in [0.3, 0.4) is 0 Å². The van der Waals surface area contributed by atoms with Crippen LogP contribution < -0.4 is 0 Å². The van der Waals surface area contributed by atoms with Gasteiger partial charge in [-0.15, -0.1) is 0 Å². The van der Waals surface area contributed by atoms with Crippen LogP contribution in [0.1, 0.15) is 31.4 Å². The van der Waals surface area contributed by atoms with Gasteiger partial charge < -0.3 is 5.11 Å². The molecule has 0 aliphatic heterocycles. The first-order valence-corrected chi connectivity index (χ1v) is 7.10. The van der Waals surface area contributed by atoms with Gasteiger partial charge in [0.1, 0.15) is 0 Å². The predicted octanol–water partition coefficient (Wildman–Crippen LogP) is 3.16. The number of carbonyl (C=O) groups is 1. The van der Waals surface area contributed by atoms with Gasteiger partial charge in [0.2, 0.25) is 0 Å². The van der Waals surface area contributed by atoms with Crippen LogP contribution >= 0.6 is 0 Å². The van der Waals surface area contributed by atoms with E-state index in [0.29, 0.717) is 12.3 Å². The molecule has 4 heteroatoms. The summed E-state index contributed by atoms with van der Waals surface area (Å²) in [6.07, 6.45) is 3.24. The van der Waals surface area contributed by atoms with Crippen LogP contribution in [0, 0.1) is 17.2 Å². The first-order valence-electron chi connectivity index (χ1n) is 7.10. The summed E-state index contributed by atoms with van der Waals surface area (Å²) in [6, 6.07) is 10.0. The number of hydrogen-bond donors (Lipinski definition) is 1. The largest absolute Gasteiger partial charge is 0.478 e. The van der Waals surface area contributed by atoms with Crippen molar-refractivity contribution >= 4 is 12.0 Å². The van der Waals surface area contributed by atoms with Crippen LogP contribution in [-0.2, 0) is 11.3 Å². The van der Waals surface area contributed by atoms with Gasteiger partial charge in [0.05, 0.1) is 6.07 Å². The van der Waals surface area contributed by atoms with Gasteiger partial charge in [0.15, 0.2) is 0 Å². The third-order valence-electron chi connectivity index (χ3n) is 2.97. The van der Waals surface area contributed by atoms with Gasteiger partial charge in [0.25, 0.3) is 0 Å². The Morgan fingerprint density at radius 2 is 2.05 bits per heavy atom. The molecule has 0 atom stereocenters. The van der Waals surface area contributed by atoms with Gasteiger partial charge in [-0.2, -0.15) is 5.26 Å². The molecule has 1 aromatic rings. The third-order valence-corrected chi connectivity index (χ3v) is 2.97. The van der Waals surface area contributed by atoms with Crippen molar-refractivity contribution in [2.24, 2.45) is 5.92 Å². The molecule has 0 aliphatic carbocycles. The van der Waals surface area contributed by atoms with E-state index in [1.807, 2.05) is 24.3 Å². The zero-order valence-electron chi connectivity index (χ0n) is 12.6. The Morgan fingerprint density at radius 3 is 2.57 bits per heavy atom. The molecule has 112 valence electrons. The molecule has 1 rings (SSSR count). The van der Waals surface area contributed by atoms with Crippen molar-refractivity contribution in [1.29, 1.82) is 5.26 Å². The molecule has 0 spiro atoms. The second-order valence-electron chi connectivity index (χ2n) is 5.45.